The Bertz CT molecular complexity index is 1020. The van der Waals surface area contributed by atoms with E-state index in [-0.39, 0.29) is 5.91 Å². The van der Waals surface area contributed by atoms with Crippen molar-refractivity contribution in [1.82, 2.24) is 14.8 Å². The molecule has 0 spiro atoms. The van der Waals surface area contributed by atoms with Crippen LogP contribution >= 0.6 is 23.2 Å². The summed E-state index contributed by atoms with van der Waals surface area (Å²) in [5.74, 6) is 1.56. The van der Waals surface area contributed by atoms with Gasteiger partial charge in [0.05, 0.1) is 15.7 Å². The van der Waals surface area contributed by atoms with Gasteiger partial charge in [-0.1, -0.05) is 49.2 Å². The standard InChI is InChI=1S/C21H22Cl2N4O2/c1-12(2)15-5-7-17(8-6-15)29-14(4)21(28)25-19-9-13(3)26-27(19)20-18(23)10-16(22)11-24-20/h5-12,14H,1-4H3,(H,25,28). The molecule has 0 bridgehead atoms. The first-order chi connectivity index (χ1) is 13.7. The molecule has 0 fully saturated rings. The van der Waals surface area contributed by atoms with Gasteiger partial charge in [-0.2, -0.15) is 9.78 Å². The zero-order valence-corrected chi connectivity index (χ0v) is 18.1. The number of carbonyl (C=O) groups excluding carboxylic acids is 1. The minimum absolute atomic E-state index is 0.316. The highest BCUT2D eigenvalue weighted by Gasteiger charge is 2.19. The van der Waals surface area contributed by atoms with E-state index < -0.39 is 6.10 Å². The first kappa shape index (κ1) is 21.1. The van der Waals surface area contributed by atoms with Crippen LogP contribution in [0, 0.1) is 6.92 Å². The summed E-state index contributed by atoms with van der Waals surface area (Å²) < 4.78 is 7.24. The molecule has 1 unspecified atom stereocenters. The van der Waals surface area contributed by atoms with Crippen LogP contribution in [0.2, 0.25) is 10.0 Å². The highest BCUT2D eigenvalue weighted by atomic mass is 35.5. The van der Waals surface area contributed by atoms with Gasteiger partial charge < -0.3 is 10.1 Å². The minimum atomic E-state index is -0.711. The van der Waals surface area contributed by atoms with Gasteiger partial charge >= 0.3 is 0 Å². The second kappa shape index (κ2) is 8.84. The molecule has 0 aliphatic heterocycles. The first-order valence-electron chi connectivity index (χ1n) is 9.20. The van der Waals surface area contributed by atoms with Crippen LogP contribution in [-0.4, -0.2) is 26.8 Å². The molecule has 8 heteroatoms. The van der Waals surface area contributed by atoms with Gasteiger partial charge in [0.25, 0.3) is 5.91 Å². The summed E-state index contributed by atoms with van der Waals surface area (Å²) >= 11 is 12.2. The molecule has 29 heavy (non-hydrogen) atoms. The summed E-state index contributed by atoms with van der Waals surface area (Å²) in [6.07, 6.45) is 0.759. The summed E-state index contributed by atoms with van der Waals surface area (Å²) in [6.45, 7) is 7.75. The molecule has 2 heterocycles. The van der Waals surface area contributed by atoms with Crippen molar-refractivity contribution in [3.63, 3.8) is 0 Å². The van der Waals surface area contributed by atoms with E-state index in [2.05, 4.69) is 29.2 Å². The summed E-state index contributed by atoms with van der Waals surface area (Å²) in [5, 5.41) is 7.93. The molecule has 3 rings (SSSR count). The quantitative estimate of drug-likeness (QED) is 0.564. The van der Waals surface area contributed by atoms with Gasteiger partial charge in [-0.25, -0.2) is 4.98 Å². The lowest BCUT2D eigenvalue weighted by atomic mass is 10.0. The van der Waals surface area contributed by atoms with E-state index in [4.69, 9.17) is 27.9 Å². The second-order valence-corrected chi connectivity index (χ2v) is 7.86. The normalized spacial score (nSPS) is 12.1. The number of carbonyl (C=O) groups is 1. The molecule has 0 aliphatic rings. The average Bonchev–Trinajstić information content (AvgIpc) is 3.02. The maximum absolute atomic E-state index is 12.7. The van der Waals surface area contributed by atoms with E-state index in [0.29, 0.717) is 39.0 Å². The number of pyridine rings is 1. The van der Waals surface area contributed by atoms with Crippen molar-refractivity contribution in [3.8, 4) is 11.6 Å². The Hall–Kier alpha value is -2.57. The Morgan fingerprint density at radius 1 is 1.14 bits per heavy atom. The molecule has 152 valence electrons. The van der Waals surface area contributed by atoms with Gasteiger partial charge in [0.2, 0.25) is 0 Å². The lowest BCUT2D eigenvalue weighted by Gasteiger charge is -2.16. The van der Waals surface area contributed by atoms with Crippen LogP contribution in [0.5, 0.6) is 5.75 Å². The predicted octanol–water partition coefficient (Wildman–Crippen LogP) is 5.41. The number of benzene rings is 1. The molecule has 0 radical (unpaired) electrons. The highest BCUT2D eigenvalue weighted by molar-refractivity contribution is 6.35. The SMILES string of the molecule is Cc1cc(NC(=O)C(C)Oc2ccc(C(C)C)cc2)n(-c2ncc(Cl)cc2Cl)n1. The van der Waals surface area contributed by atoms with Crippen molar-refractivity contribution in [2.75, 3.05) is 5.32 Å². The van der Waals surface area contributed by atoms with Crippen LogP contribution in [-0.2, 0) is 4.79 Å². The lowest BCUT2D eigenvalue weighted by molar-refractivity contribution is -0.122. The third-order valence-corrected chi connectivity index (χ3v) is 4.79. The number of ether oxygens (including phenoxy) is 1. The smallest absolute Gasteiger partial charge is 0.266 e. The number of halogens is 2. The number of amides is 1. The minimum Gasteiger partial charge on any atom is -0.481 e. The molecule has 1 aromatic carbocycles. The summed E-state index contributed by atoms with van der Waals surface area (Å²) in [4.78, 5) is 16.9. The average molecular weight is 433 g/mol. The van der Waals surface area contributed by atoms with Crippen LogP contribution in [0.4, 0.5) is 5.82 Å². The third kappa shape index (κ3) is 5.08. The van der Waals surface area contributed by atoms with Crippen LogP contribution in [0.25, 0.3) is 5.82 Å². The van der Waals surface area contributed by atoms with Gasteiger partial charge in [0, 0.05) is 12.3 Å². The largest absolute Gasteiger partial charge is 0.481 e. The van der Waals surface area contributed by atoms with Crippen molar-refractivity contribution in [1.29, 1.82) is 0 Å². The molecule has 0 saturated heterocycles. The van der Waals surface area contributed by atoms with Crippen molar-refractivity contribution in [3.05, 3.63) is 63.9 Å². The Balaban J connectivity index is 1.75. The predicted molar refractivity (Wildman–Crippen MR) is 115 cm³/mol. The molecule has 0 aliphatic carbocycles. The Morgan fingerprint density at radius 3 is 2.45 bits per heavy atom. The third-order valence-electron chi connectivity index (χ3n) is 4.30. The fourth-order valence-electron chi connectivity index (χ4n) is 2.73. The van der Waals surface area contributed by atoms with E-state index in [1.54, 1.807) is 19.1 Å². The molecule has 1 amide bonds. The molecular formula is C21H22Cl2N4O2. The number of aromatic nitrogens is 3. The molecule has 2 aromatic heterocycles. The molecule has 6 nitrogen and oxygen atoms in total. The molecular weight excluding hydrogens is 411 g/mol. The fourth-order valence-corrected chi connectivity index (χ4v) is 3.19. The van der Waals surface area contributed by atoms with E-state index >= 15 is 0 Å². The van der Waals surface area contributed by atoms with Crippen LogP contribution in [0.15, 0.2) is 42.6 Å². The second-order valence-electron chi connectivity index (χ2n) is 7.01. The topological polar surface area (TPSA) is 69.0 Å². The van der Waals surface area contributed by atoms with Crippen LogP contribution < -0.4 is 10.1 Å². The van der Waals surface area contributed by atoms with Gasteiger partial charge in [0.15, 0.2) is 11.9 Å². The Kier molecular flexibility index (Phi) is 6.45. The zero-order valence-electron chi connectivity index (χ0n) is 16.6. The van der Waals surface area contributed by atoms with Gasteiger partial charge in [-0.3, -0.25) is 4.79 Å². The van der Waals surface area contributed by atoms with Gasteiger partial charge in [0.1, 0.15) is 11.6 Å². The summed E-state index contributed by atoms with van der Waals surface area (Å²) in [6, 6.07) is 11.0. The highest BCUT2D eigenvalue weighted by Crippen LogP contribution is 2.25. The summed E-state index contributed by atoms with van der Waals surface area (Å²) in [5.41, 5.74) is 1.91. The molecule has 1 atom stereocenters. The summed E-state index contributed by atoms with van der Waals surface area (Å²) in [7, 11) is 0. The van der Waals surface area contributed by atoms with Crippen LogP contribution in [0.3, 0.4) is 0 Å². The van der Waals surface area contributed by atoms with Crippen LogP contribution in [0.1, 0.15) is 37.9 Å². The van der Waals surface area contributed by atoms with E-state index in [9.17, 15) is 4.79 Å². The fraction of sp³-hybridized carbons (Fsp3) is 0.286. The van der Waals surface area contributed by atoms with E-state index in [0.717, 1.165) is 0 Å². The number of nitrogens with one attached hydrogen (secondary N) is 1. The van der Waals surface area contributed by atoms with Gasteiger partial charge in [-0.15, -0.1) is 0 Å². The number of hydrogen-bond donors (Lipinski definition) is 1. The number of anilines is 1. The van der Waals surface area contributed by atoms with E-state index in [1.807, 2.05) is 31.2 Å². The molecule has 3 aromatic rings. The zero-order chi connectivity index (χ0) is 21.1. The maximum atomic E-state index is 12.7. The van der Waals surface area contributed by atoms with Gasteiger partial charge in [-0.05, 0) is 43.5 Å². The first-order valence-corrected chi connectivity index (χ1v) is 9.95. The number of rotatable bonds is 6. The Labute approximate surface area is 179 Å². The van der Waals surface area contributed by atoms with Crippen molar-refractivity contribution < 1.29 is 9.53 Å². The number of hydrogen-bond acceptors (Lipinski definition) is 4. The number of nitrogens with zero attached hydrogens (tertiary/aromatic N) is 3. The monoisotopic (exact) mass is 432 g/mol. The van der Waals surface area contributed by atoms with E-state index in [1.165, 1.54) is 16.4 Å². The van der Waals surface area contributed by atoms with Crippen molar-refractivity contribution in [2.24, 2.45) is 0 Å². The molecule has 0 saturated carbocycles. The number of aryl methyl sites for hydroxylation is 1. The maximum Gasteiger partial charge on any atom is 0.266 e. The lowest BCUT2D eigenvalue weighted by Crippen LogP contribution is -2.31. The Morgan fingerprint density at radius 2 is 1.83 bits per heavy atom. The van der Waals surface area contributed by atoms with Crippen molar-refractivity contribution in [2.45, 2.75) is 39.7 Å². The molecule has 1 N–H and O–H groups in total. The van der Waals surface area contributed by atoms with Crippen molar-refractivity contribution >= 4 is 34.9 Å².